The number of aliphatic hydroxyl groups excluding tert-OH is 1. The summed E-state index contributed by atoms with van der Waals surface area (Å²) in [6.45, 7) is 0. The smallest absolute Gasteiger partial charge is 0.167 e. The van der Waals surface area contributed by atoms with Crippen molar-refractivity contribution in [3.63, 3.8) is 0 Å². The van der Waals surface area contributed by atoms with Gasteiger partial charge in [0.2, 0.25) is 0 Å². The second-order valence-electron chi connectivity index (χ2n) is 3.64. The molecule has 0 radical (unpaired) electrons. The van der Waals surface area contributed by atoms with Gasteiger partial charge in [0.25, 0.3) is 0 Å². The number of pyridine rings is 1. The summed E-state index contributed by atoms with van der Waals surface area (Å²) in [4.78, 5) is 5.50. The molecule has 1 aromatic rings. The van der Waals surface area contributed by atoms with Crippen molar-refractivity contribution in [2.24, 2.45) is 0 Å². The lowest BCUT2D eigenvalue weighted by molar-refractivity contribution is 0.0868. The number of hydrogen-bond acceptors (Lipinski definition) is 4. The summed E-state index contributed by atoms with van der Waals surface area (Å²) in [6.07, 6.45) is 3.85. The third-order valence-electron chi connectivity index (χ3n) is 2.28. The fraction of sp³-hybridized carbons (Fsp3) is 0.182. The molecule has 1 unspecified atom stereocenters. The maximum Gasteiger partial charge on any atom is 0.167 e. The van der Waals surface area contributed by atoms with Crippen molar-refractivity contribution in [2.45, 2.75) is 6.23 Å². The van der Waals surface area contributed by atoms with Gasteiger partial charge in [-0.05, 0) is 34.1 Å². The average molecular weight is 300 g/mol. The van der Waals surface area contributed by atoms with Gasteiger partial charge in [-0.1, -0.05) is 0 Å². The highest BCUT2D eigenvalue weighted by Crippen LogP contribution is 2.22. The monoisotopic (exact) mass is 299 g/mol. The maximum absolute atomic E-state index is 12.7. The van der Waals surface area contributed by atoms with Crippen LogP contribution >= 0.6 is 15.9 Å². The number of hydrogen-bond donors (Lipinski definition) is 2. The Morgan fingerprint density at radius 1 is 1.53 bits per heavy atom. The first-order chi connectivity index (χ1) is 8.06. The zero-order chi connectivity index (χ0) is 12.4. The number of aromatic nitrogens is 1. The van der Waals surface area contributed by atoms with Crippen LogP contribution in [0, 0.1) is 5.82 Å². The molecule has 1 aliphatic heterocycles. The molecule has 17 heavy (non-hydrogen) atoms. The fourth-order valence-corrected chi connectivity index (χ4v) is 2.01. The molecule has 0 saturated heterocycles. The Balaban J connectivity index is 2.18. The standard InChI is InChI=1S/C11H11BrFN3O/c1-16-6-7(12)4-9(11(16)17)15-10-3-2-8(13)5-14-10/h2-6,11,17H,1H3,(H,14,15). The first-order valence-electron chi connectivity index (χ1n) is 4.94. The molecule has 90 valence electrons. The Morgan fingerprint density at radius 3 is 2.94 bits per heavy atom. The molecule has 0 amide bonds. The molecule has 0 saturated carbocycles. The van der Waals surface area contributed by atoms with E-state index in [0.29, 0.717) is 11.5 Å². The van der Waals surface area contributed by atoms with Gasteiger partial charge in [0.1, 0.15) is 11.6 Å². The minimum Gasteiger partial charge on any atom is -0.368 e. The normalized spacial score (nSPS) is 19.8. The van der Waals surface area contributed by atoms with Gasteiger partial charge in [0.15, 0.2) is 6.23 Å². The predicted octanol–water partition coefficient (Wildman–Crippen LogP) is 2.02. The Hall–Kier alpha value is -1.40. The van der Waals surface area contributed by atoms with E-state index in [4.69, 9.17) is 0 Å². The van der Waals surface area contributed by atoms with Crippen molar-refractivity contribution < 1.29 is 9.50 Å². The molecule has 0 fully saturated rings. The molecule has 1 aromatic heterocycles. The predicted molar refractivity (Wildman–Crippen MR) is 66.7 cm³/mol. The molecule has 2 rings (SSSR count). The van der Waals surface area contributed by atoms with Gasteiger partial charge in [-0.2, -0.15) is 0 Å². The molecule has 1 aliphatic rings. The van der Waals surface area contributed by atoms with Crippen LogP contribution in [0.1, 0.15) is 0 Å². The summed E-state index contributed by atoms with van der Waals surface area (Å²) in [5.41, 5.74) is 0.570. The van der Waals surface area contributed by atoms with Crippen LogP contribution in [0.4, 0.5) is 10.2 Å². The molecule has 0 bridgehead atoms. The molecular formula is C11H11BrFN3O. The summed E-state index contributed by atoms with van der Waals surface area (Å²) in [5.74, 6) is 0.0826. The van der Waals surface area contributed by atoms with Crippen LogP contribution in [0.5, 0.6) is 0 Å². The maximum atomic E-state index is 12.7. The average Bonchev–Trinajstić information content (AvgIpc) is 2.28. The number of nitrogens with zero attached hydrogens (tertiary/aromatic N) is 2. The van der Waals surface area contributed by atoms with Crippen molar-refractivity contribution in [2.75, 3.05) is 12.4 Å². The topological polar surface area (TPSA) is 48.4 Å². The molecule has 0 aromatic carbocycles. The summed E-state index contributed by atoms with van der Waals surface area (Å²) in [7, 11) is 1.75. The third kappa shape index (κ3) is 2.83. The van der Waals surface area contributed by atoms with Crippen LogP contribution in [0.2, 0.25) is 0 Å². The Bertz CT molecular complexity index is 472. The molecule has 1 atom stereocenters. The number of likely N-dealkylation sites (N-methyl/N-ethyl adjacent to an activating group) is 1. The van der Waals surface area contributed by atoms with E-state index in [1.54, 1.807) is 24.2 Å². The highest BCUT2D eigenvalue weighted by atomic mass is 79.9. The van der Waals surface area contributed by atoms with E-state index < -0.39 is 12.0 Å². The van der Waals surface area contributed by atoms with Crippen molar-refractivity contribution in [3.8, 4) is 0 Å². The summed E-state index contributed by atoms with van der Waals surface area (Å²) in [6, 6.07) is 2.81. The van der Waals surface area contributed by atoms with Crippen molar-refractivity contribution in [1.82, 2.24) is 9.88 Å². The van der Waals surface area contributed by atoms with Crippen LogP contribution in [0.25, 0.3) is 0 Å². The summed E-state index contributed by atoms with van der Waals surface area (Å²) in [5, 5.41) is 12.8. The number of nitrogens with one attached hydrogen (secondary N) is 1. The molecule has 6 heteroatoms. The second kappa shape index (κ2) is 4.85. The van der Waals surface area contributed by atoms with E-state index in [1.807, 2.05) is 0 Å². The molecular weight excluding hydrogens is 289 g/mol. The Morgan fingerprint density at radius 2 is 2.29 bits per heavy atom. The Labute approximate surface area is 107 Å². The lowest BCUT2D eigenvalue weighted by Crippen LogP contribution is -2.34. The quantitative estimate of drug-likeness (QED) is 0.877. The van der Waals surface area contributed by atoms with Gasteiger partial charge in [0, 0.05) is 17.7 Å². The largest absolute Gasteiger partial charge is 0.368 e. The molecule has 2 heterocycles. The van der Waals surface area contributed by atoms with E-state index >= 15 is 0 Å². The van der Waals surface area contributed by atoms with E-state index in [0.717, 1.165) is 10.7 Å². The van der Waals surface area contributed by atoms with Crippen LogP contribution < -0.4 is 5.32 Å². The first kappa shape index (κ1) is 12.1. The van der Waals surface area contributed by atoms with Gasteiger partial charge in [-0.25, -0.2) is 9.37 Å². The van der Waals surface area contributed by atoms with Gasteiger partial charge in [-0.3, -0.25) is 0 Å². The van der Waals surface area contributed by atoms with Crippen molar-refractivity contribution in [1.29, 1.82) is 0 Å². The van der Waals surface area contributed by atoms with Gasteiger partial charge < -0.3 is 15.3 Å². The van der Waals surface area contributed by atoms with Gasteiger partial charge in [0.05, 0.1) is 11.9 Å². The van der Waals surface area contributed by atoms with Crippen LogP contribution in [0.15, 0.2) is 40.8 Å². The Kier molecular flexibility index (Phi) is 3.44. The lowest BCUT2D eigenvalue weighted by Gasteiger charge is -2.28. The van der Waals surface area contributed by atoms with E-state index in [9.17, 15) is 9.50 Å². The number of allylic oxidation sites excluding steroid dienone is 2. The fourth-order valence-electron chi connectivity index (χ4n) is 1.44. The van der Waals surface area contributed by atoms with Crippen LogP contribution in [-0.2, 0) is 0 Å². The highest BCUT2D eigenvalue weighted by molar-refractivity contribution is 9.11. The van der Waals surface area contributed by atoms with Crippen molar-refractivity contribution >= 4 is 21.7 Å². The van der Waals surface area contributed by atoms with Gasteiger partial charge in [-0.15, -0.1) is 0 Å². The van der Waals surface area contributed by atoms with Crippen LogP contribution in [0.3, 0.4) is 0 Å². The number of halogens is 2. The highest BCUT2D eigenvalue weighted by Gasteiger charge is 2.19. The second-order valence-corrected chi connectivity index (χ2v) is 4.56. The molecule has 0 aliphatic carbocycles. The zero-order valence-electron chi connectivity index (χ0n) is 9.06. The van der Waals surface area contributed by atoms with E-state index in [-0.39, 0.29) is 0 Å². The summed E-state index contributed by atoms with van der Waals surface area (Å²) >= 11 is 3.33. The SMILES string of the molecule is CN1C=C(Br)C=C(Nc2ccc(F)cn2)C1O. The lowest BCUT2D eigenvalue weighted by atomic mass is 10.2. The van der Waals surface area contributed by atoms with E-state index in [2.05, 4.69) is 26.2 Å². The van der Waals surface area contributed by atoms with Crippen molar-refractivity contribution in [3.05, 3.63) is 46.6 Å². The third-order valence-corrected chi connectivity index (χ3v) is 2.72. The zero-order valence-corrected chi connectivity index (χ0v) is 10.6. The summed E-state index contributed by atoms with van der Waals surface area (Å²) < 4.78 is 13.5. The molecule has 4 nitrogen and oxygen atoms in total. The number of rotatable bonds is 2. The molecule has 2 N–H and O–H groups in total. The van der Waals surface area contributed by atoms with Gasteiger partial charge >= 0.3 is 0 Å². The first-order valence-corrected chi connectivity index (χ1v) is 5.73. The van der Waals surface area contributed by atoms with E-state index in [1.165, 1.54) is 12.1 Å². The minimum atomic E-state index is -0.775. The number of anilines is 1. The molecule has 0 spiro atoms. The van der Waals surface area contributed by atoms with Crippen LogP contribution in [-0.4, -0.2) is 28.3 Å². The minimum absolute atomic E-state index is 0.396. The number of aliphatic hydroxyl groups is 1.